The zero-order valence-electron chi connectivity index (χ0n) is 7.32. The summed E-state index contributed by atoms with van der Waals surface area (Å²) in [4.78, 5) is 12.2. The molecule has 0 aliphatic carbocycles. The van der Waals surface area contributed by atoms with E-state index in [4.69, 9.17) is 5.11 Å². The highest BCUT2D eigenvalue weighted by Gasteiger charge is 2.10. The van der Waals surface area contributed by atoms with E-state index in [9.17, 15) is 4.79 Å². The maximum Gasteiger partial charge on any atom is 0.411 e. The van der Waals surface area contributed by atoms with Crippen LogP contribution in [0.2, 0.25) is 0 Å². The number of aliphatic hydroxyl groups excluding tert-OH is 1. The molecule has 1 N–H and O–H groups in total. The molecule has 0 rings (SSSR count). The molecule has 0 fully saturated rings. The van der Waals surface area contributed by atoms with Crippen LogP contribution in [0.4, 0.5) is 4.79 Å². The summed E-state index contributed by atoms with van der Waals surface area (Å²) < 4.78 is 4.68. The van der Waals surface area contributed by atoms with Gasteiger partial charge in [-0.3, -0.25) is 4.90 Å². The number of hydrogen-bond donors (Lipinski definition) is 1. The molecule has 0 atom stereocenters. The number of carbonyl (C=O) groups is 1. The number of aliphatic hydroxyl groups is 1. The van der Waals surface area contributed by atoms with E-state index in [1.807, 2.05) is 0 Å². The van der Waals surface area contributed by atoms with Crippen LogP contribution in [0.15, 0.2) is 12.7 Å². The molecular formula is C8H15NO3. The van der Waals surface area contributed by atoms with Crippen molar-refractivity contribution in [3.63, 3.8) is 0 Å². The fourth-order valence-electron chi connectivity index (χ4n) is 0.682. The molecule has 0 radical (unpaired) electrons. The summed E-state index contributed by atoms with van der Waals surface area (Å²) >= 11 is 0. The van der Waals surface area contributed by atoms with Gasteiger partial charge in [-0.05, 0) is 13.3 Å². The van der Waals surface area contributed by atoms with Gasteiger partial charge in [-0.25, -0.2) is 4.79 Å². The normalized spacial score (nSPS) is 9.17. The zero-order chi connectivity index (χ0) is 9.40. The maximum absolute atomic E-state index is 11.0. The number of carbonyl (C=O) groups excluding carboxylic acids is 1. The summed E-state index contributed by atoms with van der Waals surface area (Å²) in [5, 5.41) is 8.74. The third-order valence-electron chi connectivity index (χ3n) is 1.30. The minimum Gasteiger partial charge on any atom is -0.450 e. The predicted octanol–water partition coefficient (Wildman–Crippen LogP) is 0.971. The molecular weight excluding hydrogens is 158 g/mol. The number of amides is 1. The van der Waals surface area contributed by atoms with Crippen molar-refractivity contribution in [3.05, 3.63) is 12.7 Å². The third-order valence-corrected chi connectivity index (χ3v) is 1.30. The van der Waals surface area contributed by atoms with E-state index in [2.05, 4.69) is 11.3 Å². The molecule has 0 aliphatic heterocycles. The molecule has 0 bridgehead atoms. The van der Waals surface area contributed by atoms with Crippen molar-refractivity contribution in [2.75, 3.05) is 19.9 Å². The minimum absolute atomic E-state index is 0.313. The second-order valence-corrected chi connectivity index (χ2v) is 2.18. The number of nitrogens with zero attached hydrogens (tertiary/aromatic N) is 1. The lowest BCUT2D eigenvalue weighted by Crippen LogP contribution is -2.33. The molecule has 0 aromatic heterocycles. The molecule has 70 valence electrons. The van der Waals surface area contributed by atoms with Gasteiger partial charge in [0.1, 0.15) is 6.73 Å². The summed E-state index contributed by atoms with van der Waals surface area (Å²) in [5.41, 5.74) is 0. The Morgan fingerprint density at radius 1 is 1.75 bits per heavy atom. The lowest BCUT2D eigenvalue weighted by molar-refractivity contribution is 0.0660. The molecule has 12 heavy (non-hydrogen) atoms. The fraction of sp³-hybridized carbons (Fsp3) is 0.625. The molecule has 4 heteroatoms. The van der Waals surface area contributed by atoms with Crippen molar-refractivity contribution in [2.24, 2.45) is 0 Å². The third kappa shape index (κ3) is 3.98. The Morgan fingerprint density at radius 3 is 2.83 bits per heavy atom. The molecule has 0 saturated heterocycles. The monoisotopic (exact) mass is 173 g/mol. The Balaban J connectivity index is 3.78. The van der Waals surface area contributed by atoms with E-state index in [-0.39, 0.29) is 6.73 Å². The van der Waals surface area contributed by atoms with E-state index in [0.717, 1.165) is 0 Å². The van der Waals surface area contributed by atoms with E-state index in [1.165, 1.54) is 4.90 Å². The zero-order valence-corrected chi connectivity index (χ0v) is 7.32. The van der Waals surface area contributed by atoms with Gasteiger partial charge in [0.15, 0.2) is 0 Å². The van der Waals surface area contributed by atoms with Crippen LogP contribution in [0.3, 0.4) is 0 Å². The van der Waals surface area contributed by atoms with Crippen LogP contribution in [0.1, 0.15) is 13.3 Å². The van der Waals surface area contributed by atoms with Gasteiger partial charge in [0.2, 0.25) is 0 Å². The first kappa shape index (κ1) is 11.0. The quantitative estimate of drug-likeness (QED) is 0.498. The largest absolute Gasteiger partial charge is 0.450 e. The van der Waals surface area contributed by atoms with Crippen molar-refractivity contribution in [2.45, 2.75) is 13.3 Å². The average Bonchev–Trinajstić information content (AvgIpc) is 2.06. The van der Waals surface area contributed by atoms with Gasteiger partial charge in [-0.2, -0.15) is 0 Å². The highest BCUT2D eigenvalue weighted by molar-refractivity contribution is 5.67. The van der Waals surface area contributed by atoms with Crippen molar-refractivity contribution < 1.29 is 14.6 Å². The molecule has 0 aliphatic rings. The summed E-state index contributed by atoms with van der Waals surface area (Å²) in [6.07, 6.45) is 1.85. The topological polar surface area (TPSA) is 49.8 Å². The van der Waals surface area contributed by atoms with Crippen LogP contribution in [-0.2, 0) is 4.74 Å². The molecule has 4 nitrogen and oxygen atoms in total. The Bertz CT molecular complexity index is 147. The van der Waals surface area contributed by atoms with Crippen LogP contribution in [0.25, 0.3) is 0 Å². The molecule has 0 unspecified atom stereocenters. The molecule has 0 aromatic rings. The average molecular weight is 173 g/mol. The Kier molecular flexibility index (Phi) is 6.09. The SMILES string of the molecule is C=CCCN(CO)C(=O)OCC. The molecule has 0 spiro atoms. The van der Waals surface area contributed by atoms with E-state index < -0.39 is 6.09 Å². The van der Waals surface area contributed by atoms with Crippen molar-refractivity contribution in [1.82, 2.24) is 4.90 Å². The van der Waals surface area contributed by atoms with E-state index >= 15 is 0 Å². The van der Waals surface area contributed by atoms with Gasteiger partial charge in [-0.15, -0.1) is 6.58 Å². The summed E-state index contributed by atoms with van der Waals surface area (Å²) in [7, 11) is 0. The van der Waals surface area contributed by atoms with Gasteiger partial charge < -0.3 is 9.84 Å². The summed E-state index contributed by atoms with van der Waals surface area (Å²) in [5.74, 6) is 0. The number of ether oxygens (including phenoxy) is 1. The highest BCUT2D eigenvalue weighted by atomic mass is 16.6. The Labute approximate surface area is 72.4 Å². The second-order valence-electron chi connectivity index (χ2n) is 2.18. The lowest BCUT2D eigenvalue weighted by Gasteiger charge is -2.17. The van der Waals surface area contributed by atoms with Gasteiger partial charge >= 0.3 is 6.09 Å². The van der Waals surface area contributed by atoms with Gasteiger partial charge in [0, 0.05) is 6.54 Å². The Morgan fingerprint density at radius 2 is 2.42 bits per heavy atom. The van der Waals surface area contributed by atoms with Crippen molar-refractivity contribution >= 4 is 6.09 Å². The van der Waals surface area contributed by atoms with Crippen LogP contribution in [0.5, 0.6) is 0 Å². The maximum atomic E-state index is 11.0. The first-order valence-corrected chi connectivity index (χ1v) is 3.89. The summed E-state index contributed by atoms with van der Waals surface area (Å²) in [6, 6.07) is 0. The van der Waals surface area contributed by atoms with Crippen LogP contribution < -0.4 is 0 Å². The van der Waals surface area contributed by atoms with Crippen LogP contribution in [0, 0.1) is 0 Å². The van der Waals surface area contributed by atoms with Crippen molar-refractivity contribution in [3.8, 4) is 0 Å². The number of hydrogen-bond acceptors (Lipinski definition) is 3. The van der Waals surface area contributed by atoms with E-state index in [0.29, 0.717) is 19.6 Å². The van der Waals surface area contributed by atoms with Crippen LogP contribution in [-0.4, -0.2) is 36.0 Å². The van der Waals surface area contributed by atoms with Gasteiger partial charge in [-0.1, -0.05) is 6.08 Å². The second kappa shape index (κ2) is 6.67. The summed E-state index contributed by atoms with van der Waals surface area (Å²) in [6.45, 7) is 5.69. The fourth-order valence-corrected chi connectivity index (χ4v) is 0.682. The number of rotatable bonds is 5. The van der Waals surface area contributed by atoms with Crippen LogP contribution >= 0.6 is 0 Å². The molecule has 0 aromatic carbocycles. The first-order chi connectivity index (χ1) is 5.76. The highest BCUT2D eigenvalue weighted by Crippen LogP contribution is 1.95. The lowest BCUT2D eigenvalue weighted by atomic mass is 10.4. The van der Waals surface area contributed by atoms with E-state index in [1.54, 1.807) is 13.0 Å². The molecule has 0 heterocycles. The standard InChI is InChI=1S/C8H15NO3/c1-3-5-6-9(7-10)8(11)12-4-2/h3,10H,1,4-7H2,2H3. The Hall–Kier alpha value is -1.03. The van der Waals surface area contributed by atoms with Crippen molar-refractivity contribution in [1.29, 1.82) is 0 Å². The smallest absolute Gasteiger partial charge is 0.411 e. The molecule has 1 amide bonds. The van der Waals surface area contributed by atoms with Gasteiger partial charge in [0.25, 0.3) is 0 Å². The minimum atomic E-state index is -0.484. The molecule has 0 saturated carbocycles. The first-order valence-electron chi connectivity index (χ1n) is 3.89. The predicted molar refractivity (Wildman–Crippen MR) is 45.6 cm³/mol. The van der Waals surface area contributed by atoms with Gasteiger partial charge in [0.05, 0.1) is 6.61 Å².